The first-order chi connectivity index (χ1) is 15.7. The van der Waals surface area contributed by atoms with E-state index in [-0.39, 0.29) is 11.7 Å². The largest absolute Gasteiger partial charge is 0.461 e. The molecule has 0 aliphatic carbocycles. The maximum absolute atomic E-state index is 12.5. The van der Waals surface area contributed by atoms with Crippen LogP contribution in [-0.4, -0.2) is 36.4 Å². The van der Waals surface area contributed by atoms with Crippen LogP contribution in [0.25, 0.3) is 34.0 Å². The highest BCUT2D eigenvalue weighted by Gasteiger charge is 2.16. The highest BCUT2D eigenvalue weighted by atomic mass is 32.2. The van der Waals surface area contributed by atoms with Gasteiger partial charge in [0.2, 0.25) is 5.91 Å². The SMILES string of the molecule is CCn1c(SCC(=O)Nc2ccc(-c3nc4ccccc4[nH]3)cc2)nnc1-c1ccco1. The first-order valence-corrected chi connectivity index (χ1v) is 11.1. The second-order valence-electron chi connectivity index (χ2n) is 7.04. The van der Waals surface area contributed by atoms with E-state index in [1.54, 1.807) is 6.26 Å². The number of imidazole rings is 1. The minimum atomic E-state index is -0.114. The number of H-pyrrole nitrogens is 1. The number of nitrogens with zero attached hydrogens (tertiary/aromatic N) is 4. The zero-order chi connectivity index (χ0) is 21.9. The number of thioether (sulfide) groups is 1. The first-order valence-electron chi connectivity index (χ1n) is 10.2. The van der Waals surface area contributed by atoms with Crippen LogP contribution in [0.2, 0.25) is 0 Å². The van der Waals surface area contributed by atoms with Gasteiger partial charge in [-0.05, 0) is 55.5 Å². The van der Waals surface area contributed by atoms with Crippen molar-refractivity contribution in [1.29, 1.82) is 0 Å². The Kier molecular flexibility index (Phi) is 5.47. The zero-order valence-electron chi connectivity index (χ0n) is 17.3. The average Bonchev–Trinajstić information content (AvgIpc) is 3.57. The van der Waals surface area contributed by atoms with Gasteiger partial charge in [-0.15, -0.1) is 10.2 Å². The van der Waals surface area contributed by atoms with Crippen LogP contribution < -0.4 is 5.32 Å². The second kappa shape index (κ2) is 8.72. The fraction of sp³-hybridized carbons (Fsp3) is 0.130. The molecule has 0 aliphatic rings. The number of hydrogen-bond donors (Lipinski definition) is 2. The summed E-state index contributed by atoms with van der Waals surface area (Å²) in [4.78, 5) is 20.4. The van der Waals surface area contributed by atoms with Gasteiger partial charge in [0.15, 0.2) is 16.7 Å². The number of anilines is 1. The fourth-order valence-electron chi connectivity index (χ4n) is 3.40. The monoisotopic (exact) mass is 444 g/mol. The van der Waals surface area contributed by atoms with Crippen LogP contribution in [0.1, 0.15) is 6.92 Å². The van der Waals surface area contributed by atoms with Crippen molar-refractivity contribution in [3.05, 3.63) is 66.9 Å². The van der Waals surface area contributed by atoms with Gasteiger partial charge in [-0.2, -0.15) is 0 Å². The third kappa shape index (κ3) is 4.02. The smallest absolute Gasteiger partial charge is 0.234 e. The molecule has 1 amide bonds. The highest BCUT2D eigenvalue weighted by Crippen LogP contribution is 2.25. The molecule has 3 heterocycles. The molecule has 0 saturated carbocycles. The van der Waals surface area contributed by atoms with E-state index >= 15 is 0 Å². The Bertz CT molecular complexity index is 1320. The van der Waals surface area contributed by atoms with Gasteiger partial charge in [0.05, 0.1) is 23.0 Å². The molecule has 5 rings (SSSR count). The van der Waals surface area contributed by atoms with Gasteiger partial charge in [0, 0.05) is 17.8 Å². The number of para-hydroxylation sites is 2. The summed E-state index contributed by atoms with van der Waals surface area (Å²) in [5.41, 5.74) is 3.60. The summed E-state index contributed by atoms with van der Waals surface area (Å²) in [6.07, 6.45) is 1.60. The Labute approximate surface area is 188 Å². The Morgan fingerprint density at radius 3 is 2.69 bits per heavy atom. The molecule has 0 bridgehead atoms. The summed E-state index contributed by atoms with van der Waals surface area (Å²) < 4.78 is 7.35. The standard InChI is InChI=1S/C23H20N6O2S/c1-2-29-22(19-8-5-13-31-19)27-28-23(29)32-14-20(30)24-16-11-9-15(10-12-16)21-25-17-6-3-4-7-18(17)26-21/h3-13H,2,14H2,1H3,(H,24,30)(H,25,26). The molecule has 0 unspecified atom stereocenters. The number of hydrogen-bond acceptors (Lipinski definition) is 6. The molecular formula is C23H20N6O2S. The van der Waals surface area contributed by atoms with Crippen LogP contribution in [0.4, 0.5) is 5.69 Å². The van der Waals surface area contributed by atoms with Crippen molar-refractivity contribution in [3.63, 3.8) is 0 Å². The molecule has 3 aromatic heterocycles. The minimum Gasteiger partial charge on any atom is -0.461 e. The number of carbonyl (C=O) groups excluding carboxylic acids is 1. The first kappa shape index (κ1) is 20.1. The lowest BCUT2D eigenvalue weighted by Crippen LogP contribution is -2.14. The summed E-state index contributed by atoms with van der Waals surface area (Å²) in [5, 5.41) is 12.0. The van der Waals surface area contributed by atoms with Gasteiger partial charge in [0.1, 0.15) is 5.82 Å². The van der Waals surface area contributed by atoms with E-state index in [1.807, 2.05) is 72.2 Å². The summed E-state index contributed by atoms with van der Waals surface area (Å²) in [6, 6.07) is 19.2. The molecule has 8 nitrogen and oxygen atoms in total. The van der Waals surface area contributed by atoms with Gasteiger partial charge in [-0.25, -0.2) is 4.98 Å². The number of fused-ring (bicyclic) bond motifs is 1. The van der Waals surface area contributed by atoms with E-state index in [4.69, 9.17) is 4.42 Å². The Balaban J connectivity index is 1.22. The Hall–Kier alpha value is -3.85. The predicted octanol–water partition coefficient (Wildman–Crippen LogP) is 4.83. The molecule has 0 aliphatic heterocycles. The number of aromatic amines is 1. The molecule has 0 spiro atoms. The Morgan fingerprint density at radius 2 is 1.94 bits per heavy atom. The van der Waals surface area contributed by atoms with Gasteiger partial charge >= 0.3 is 0 Å². The number of rotatable bonds is 7. The van der Waals surface area contributed by atoms with Crippen molar-refractivity contribution in [1.82, 2.24) is 24.7 Å². The maximum atomic E-state index is 12.5. The van der Waals surface area contributed by atoms with Crippen molar-refractivity contribution in [2.24, 2.45) is 0 Å². The molecule has 2 N–H and O–H groups in total. The number of aromatic nitrogens is 5. The van der Waals surface area contributed by atoms with Gasteiger partial charge < -0.3 is 14.7 Å². The average molecular weight is 445 g/mol. The van der Waals surface area contributed by atoms with E-state index in [1.165, 1.54) is 11.8 Å². The van der Waals surface area contributed by atoms with Crippen molar-refractivity contribution >= 4 is 34.4 Å². The van der Waals surface area contributed by atoms with Crippen LogP contribution >= 0.6 is 11.8 Å². The third-order valence-electron chi connectivity index (χ3n) is 4.94. The molecule has 0 radical (unpaired) electrons. The molecule has 9 heteroatoms. The van der Waals surface area contributed by atoms with E-state index in [0.717, 1.165) is 28.1 Å². The number of benzene rings is 2. The van der Waals surface area contributed by atoms with Crippen LogP contribution in [0.15, 0.2) is 76.5 Å². The Morgan fingerprint density at radius 1 is 1.09 bits per heavy atom. The summed E-state index contributed by atoms with van der Waals surface area (Å²) >= 11 is 1.34. The summed E-state index contributed by atoms with van der Waals surface area (Å²) in [5.74, 6) is 2.21. The van der Waals surface area contributed by atoms with Crippen molar-refractivity contribution in [2.75, 3.05) is 11.1 Å². The second-order valence-corrected chi connectivity index (χ2v) is 7.99. The van der Waals surface area contributed by atoms with Crippen LogP contribution in [0.3, 0.4) is 0 Å². The van der Waals surface area contributed by atoms with E-state index < -0.39 is 0 Å². The van der Waals surface area contributed by atoms with Crippen LogP contribution in [0.5, 0.6) is 0 Å². The van der Waals surface area contributed by atoms with Crippen LogP contribution in [-0.2, 0) is 11.3 Å². The topological polar surface area (TPSA) is 102 Å². The van der Waals surface area contributed by atoms with Gasteiger partial charge in [-0.1, -0.05) is 23.9 Å². The quantitative estimate of drug-likeness (QED) is 0.349. The van der Waals surface area contributed by atoms with Crippen LogP contribution in [0, 0.1) is 0 Å². The van der Waals surface area contributed by atoms with Crippen molar-refractivity contribution in [3.8, 4) is 23.0 Å². The molecule has 160 valence electrons. The fourth-order valence-corrected chi connectivity index (χ4v) is 4.20. The third-order valence-corrected chi connectivity index (χ3v) is 5.91. The van der Waals surface area contributed by atoms with Gasteiger partial charge in [0.25, 0.3) is 0 Å². The molecule has 0 fully saturated rings. The normalized spacial score (nSPS) is 11.2. The number of nitrogens with one attached hydrogen (secondary N) is 2. The lowest BCUT2D eigenvalue weighted by atomic mass is 10.2. The molecular weight excluding hydrogens is 424 g/mol. The van der Waals surface area contributed by atoms with Gasteiger partial charge in [-0.3, -0.25) is 9.36 Å². The molecule has 0 saturated heterocycles. The number of furan rings is 1. The molecule has 5 aromatic rings. The molecule has 2 aromatic carbocycles. The predicted molar refractivity (Wildman–Crippen MR) is 124 cm³/mol. The van der Waals surface area contributed by atoms with Crippen molar-refractivity contribution < 1.29 is 9.21 Å². The highest BCUT2D eigenvalue weighted by molar-refractivity contribution is 7.99. The number of amides is 1. The van der Waals surface area contributed by atoms with E-state index in [2.05, 4.69) is 25.5 Å². The van der Waals surface area contributed by atoms with E-state index in [0.29, 0.717) is 23.3 Å². The summed E-state index contributed by atoms with van der Waals surface area (Å²) in [7, 11) is 0. The molecule has 0 atom stereocenters. The number of carbonyl (C=O) groups is 1. The maximum Gasteiger partial charge on any atom is 0.234 e. The molecule has 32 heavy (non-hydrogen) atoms. The van der Waals surface area contributed by atoms with E-state index in [9.17, 15) is 4.79 Å². The minimum absolute atomic E-state index is 0.114. The zero-order valence-corrected chi connectivity index (χ0v) is 18.1. The lowest BCUT2D eigenvalue weighted by Gasteiger charge is -2.07. The van der Waals surface area contributed by atoms with Crippen molar-refractivity contribution in [2.45, 2.75) is 18.6 Å². The summed E-state index contributed by atoms with van der Waals surface area (Å²) in [6.45, 7) is 2.68. The lowest BCUT2D eigenvalue weighted by molar-refractivity contribution is -0.113.